The SMILES string of the molecule is CC(C)(C)OC(=O)NC1(c2ccc(B3OC(C)(C)C(C)(C)O3)cc2F)CCC1.Cc1ccccc1-c1nc2n(c1-c1ccc(C3(NC(=O)OC(C)(C)C)CCC3)c(F)c1)-c1cccnc1Nc1ccccc1-2.Cc1ccccc1-c1nc2n(c1Br)-c1cccnc1Nc1ccccc1-2. The van der Waals surface area contributed by atoms with E-state index in [2.05, 4.69) is 107 Å². The van der Waals surface area contributed by atoms with Crippen LogP contribution in [-0.2, 0) is 29.9 Å². The fourth-order valence-corrected chi connectivity index (χ4v) is 13.9. The van der Waals surface area contributed by atoms with Gasteiger partial charge in [0.1, 0.15) is 44.8 Å². The lowest BCUT2D eigenvalue weighted by Crippen LogP contribution is -2.52. The summed E-state index contributed by atoms with van der Waals surface area (Å²) in [4.78, 5) is 44.5. The molecule has 0 bridgehead atoms. The van der Waals surface area contributed by atoms with Gasteiger partial charge in [-0.1, -0.05) is 97.1 Å². The van der Waals surface area contributed by atoms with Gasteiger partial charge >= 0.3 is 19.3 Å². The van der Waals surface area contributed by atoms with Gasteiger partial charge in [0.05, 0.1) is 56.4 Å². The summed E-state index contributed by atoms with van der Waals surface area (Å²) in [5.74, 6) is 2.37. The first-order valence-electron chi connectivity index (χ1n) is 33.3. The molecule has 0 radical (unpaired) electrons. The molecular formula is C78H80BBrF2N10O6. The number of imidazole rings is 2. The Hall–Kier alpha value is -9.50. The molecule has 1 saturated heterocycles. The maximum atomic E-state index is 16.4. The van der Waals surface area contributed by atoms with Crippen LogP contribution < -0.4 is 26.7 Å². The molecule has 2 aliphatic carbocycles. The van der Waals surface area contributed by atoms with Crippen molar-refractivity contribution in [3.63, 3.8) is 0 Å². The van der Waals surface area contributed by atoms with E-state index in [1.165, 1.54) is 11.6 Å². The highest BCUT2D eigenvalue weighted by molar-refractivity contribution is 9.10. The van der Waals surface area contributed by atoms with Gasteiger partial charge in [0.2, 0.25) is 0 Å². The number of ether oxygens (including phenoxy) is 2. The van der Waals surface area contributed by atoms with E-state index in [1.807, 2.05) is 146 Å². The number of anilines is 4. The molecule has 5 aliphatic rings. The molecule has 10 aromatic rings. The Bertz CT molecular complexity index is 4720. The lowest BCUT2D eigenvalue weighted by Gasteiger charge is -2.43. The Morgan fingerprint density at radius 1 is 0.551 bits per heavy atom. The molecule has 4 N–H and O–H groups in total. The van der Waals surface area contributed by atoms with Gasteiger partial charge in [-0.2, -0.15) is 0 Å². The highest BCUT2D eigenvalue weighted by atomic mass is 79.9. The molecule has 6 aromatic carbocycles. The van der Waals surface area contributed by atoms with Crippen molar-refractivity contribution in [3.8, 4) is 67.9 Å². The zero-order chi connectivity index (χ0) is 69.3. The summed E-state index contributed by atoms with van der Waals surface area (Å²) in [6, 6.07) is 50.8. The number of benzene rings is 6. The van der Waals surface area contributed by atoms with E-state index in [4.69, 9.17) is 28.8 Å². The number of aryl methyl sites for hydroxylation is 2. The van der Waals surface area contributed by atoms with Crippen LogP contribution in [0.3, 0.4) is 0 Å². The number of rotatable bonds is 8. The second kappa shape index (κ2) is 25.7. The van der Waals surface area contributed by atoms with Crippen LogP contribution in [0.25, 0.3) is 67.9 Å². The predicted octanol–water partition coefficient (Wildman–Crippen LogP) is 18.4. The van der Waals surface area contributed by atoms with Gasteiger partial charge in [-0.05, 0) is 215 Å². The van der Waals surface area contributed by atoms with Crippen LogP contribution >= 0.6 is 15.9 Å². The van der Waals surface area contributed by atoms with Crippen molar-refractivity contribution in [1.29, 1.82) is 0 Å². The summed E-state index contributed by atoms with van der Waals surface area (Å²) < 4.78 is 59.5. The van der Waals surface area contributed by atoms with Gasteiger partial charge < -0.3 is 40.0 Å². The quantitative estimate of drug-likeness (QED) is 0.106. The molecule has 4 aromatic heterocycles. The van der Waals surface area contributed by atoms with Gasteiger partial charge in [0, 0.05) is 51.3 Å². The van der Waals surface area contributed by atoms with Crippen LogP contribution in [0.1, 0.15) is 130 Å². The molecule has 2 saturated carbocycles. The minimum Gasteiger partial charge on any atom is -0.444 e. The summed E-state index contributed by atoms with van der Waals surface area (Å²) >= 11 is 3.81. The number of nitrogens with zero attached hydrogens (tertiary/aromatic N) is 6. The van der Waals surface area contributed by atoms with Crippen molar-refractivity contribution in [1.82, 2.24) is 39.7 Å². The lowest BCUT2D eigenvalue weighted by molar-refractivity contribution is 0.00578. The number of alkyl carbamates (subject to hydrolysis) is 2. The number of pyridine rings is 2. The van der Waals surface area contributed by atoms with Crippen molar-refractivity contribution in [3.05, 3.63) is 209 Å². The van der Waals surface area contributed by atoms with Crippen LogP contribution in [-0.4, -0.2) is 70.8 Å². The predicted molar refractivity (Wildman–Crippen MR) is 386 cm³/mol. The number of carbonyl (C=O) groups is 2. The lowest BCUT2D eigenvalue weighted by atomic mass is 9.70. The number of hydrogen-bond donors (Lipinski definition) is 4. The summed E-state index contributed by atoms with van der Waals surface area (Å²) in [6.07, 6.45) is 6.93. The number of aromatic nitrogens is 6. The summed E-state index contributed by atoms with van der Waals surface area (Å²) in [7, 11) is -0.621. The van der Waals surface area contributed by atoms with Crippen molar-refractivity contribution >= 4 is 63.7 Å². The highest BCUT2D eigenvalue weighted by Gasteiger charge is 2.52. The van der Waals surface area contributed by atoms with E-state index in [1.54, 1.807) is 51.4 Å². The van der Waals surface area contributed by atoms with E-state index in [9.17, 15) is 9.59 Å². The minimum absolute atomic E-state index is 0.372. The van der Waals surface area contributed by atoms with Crippen molar-refractivity contribution < 1.29 is 37.2 Å². The molecule has 502 valence electrons. The number of para-hydroxylation sites is 2. The third-order valence-corrected chi connectivity index (χ3v) is 19.8. The van der Waals surface area contributed by atoms with Crippen molar-refractivity contribution in [2.24, 2.45) is 0 Å². The average molecular weight is 1380 g/mol. The Balaban J connectivity index is 0.000000139. The van der Waals surface area contributed by atoms with Gasteiger partial charge in [-0.15, -0.1) is 0 Å². The third kappa shape index (κ3) is 12.9. The number of nitrogens with one attached hydrogen (secondary N) is 4. The maximum absolute atomic E-state index is 16.4. The van der Waals surface area contributed by atoms with Crippen LogP contribution in [0.2, 0.25) is 0 Å². The zero-order valence-electron chi connectivity index (χ0n) is 57.3. The minimum atomic E-state index is -0.808. The molecule has 3 aliphatic heterocycles. The van der Waals surface area contributed by atoms with E-state index < -0.39 is 52.8 Å². The highest BCUT2D eigenvalue weighted by Crippen LogP contribution is 2.49. The third-order valence-electron chi connectivity index (χ3n) is 19.1. The molecule has 2 amide bonds. The van der Waals surface area contributed by atoms with Crippen LogP contribution in [0, 0.1) is 25.5 Å². The molecule has 0 spiro atoms. The molecule has 16 nitrogen and oxygen atoms in total. The molecule has 20 heteroatoms. The van der Waals surface area contributed by atoms with E-state index in [-0.39, 0.29) is 11.6 Å². The van der Waals surface area contributed by atoms with Crippen LogP contribution in [0.5, 0.6) is 0 Å². The Morgan fingerprint density at radius 2 is 0.980 bits per heavy atom. The van der Waals surface area contributed by atoms with Crippen molar-refractivity contribution in [2.75, 3.05) is 10.6 Å². The Kier molecular flexibility index (Phi) is 17.6. The van der Waals surface area contributed by atoms with Gasteiger partial charge in [-0.25, -0.2) is 38.3 Å². The van der Waals surface area contributed by atoms with Gasteiger partial charge in [-0.3, -0.25) is 9.13 Å². The first-order chi connectivity index (χ1) is 46.6. The zero-order valence-corrected chi connectivity index (χ0v) is 58.8. The Morgan fingerprint density at radius 3 is 1.44 bits per heavy atom. The summed E-state index contributed by atoms with van der Waals surface area (Å²) in [6.45, 7) is 22.9. The molecule has 98 heavy (non-hydrogen) atoms. The second-order valence-corrected chi connectivity index (χ2v) is 29.5. The van der Waals surface area contributed by atoms with Gasteiger partial charge in [0.15, 0.2) is 11.6 Å². The number of halogens is 3. The van der Waals surface area contributed by atoms with Crippen LogP contribution in [0.4, 0.5) is 41.4 Å². The largest absolute Gasteiger partial charge is 0.494 e. The number of carbonyl (C=O) groups excluding carboxylic acids is 2. The number of amides is 2. The second-order valence-electron chi connectivity index (χ2n) is 28.7. The maximum Gasteiger partial charge on any atom is 0.494 e. The fraction of sp³-hybridized carbons (Fsp3) is 0.308. The first-order valence-corrected chi connectivity index (χ1v) is 34.1. The molecule has 0 atom stereocenters. The monoisotopic (exact) mass is 1380 g/mol. The first kappa shape index (κ1) is 67.1. The Labute approximate surface area is 579 Å². The average Bonchev–Trinajstić information content (AvgIpc) is 1.51. The summed E-state index contributed by atoms with van der Waals surface area (Å²) in [5, 5.41) is 12.8. The van der Waals surface area contributed by atoms with Crippen molar-refractivity contribution in [2.45, 2.75) is 155 Å². The van der Waals surface area contributed by atoms with E-state index >= 15 is 8.78 Å². The van der Waals surface area contributed by atoms with E-state index in [0.717, 1.165) is 103 Å². The topological polar surface area (TPSA) is 181 Å². The smallest absolute Gasteiger partial charge is 0.444 e. The standard InChI is InChI=1S/C36H34FN5O2.C21H31BFNO4.C21H15BrN4/c1-22-11-5-6-12-24(22)30-31(42-29-15-9-20-38-32(29)39-28-14-8-7-13-25(28)33(42)40-30)23-16-17-26(27(37)21-23)36(18-10-19-36)41-34(43)44-35(2,3)4;1-18(2,3)26-17(25)24-21(11-8-12-21)15-10-9-14(13-16(15)23)22-27-19(4,5)20(6,7)28-22;1-13-7-2-3-8-14(13)18-19(22)26-17-11-6-12-23-20(17)24-16-10-5-4-9-15(16)21(26)25-18/h5-9,11-17,20-21H,10,18-19H2,1-4H3,(H,38,39)(H,41,43);9-10,13H,8,11-12H2,1-7H3,(H,24,25);2-12H,1H3,(H,23,24). The number of hydrogen-bond acceptors (Lipinski definition) is 12. The molecule has 7 heterocycles. The van der Waals surface area contributed by atoms with Crippen LogP contribution in [0.15, 0.2) is 175 Å². The molecular weight excluding hydrogens is 1300 g/mol. The molecule has 3 fully saturated rings. The molecule has 15 rings (SSSR count). The normalized spacial score (nSPS) is 16.1. The number of fused-ring (bicyclic) bond motifs is 10. The summed E-state index contributed by atoms with van der Waals surface area (Å²) in [5.41, 5.74) is 10.9. The van der Waals surface area contributed by atoms with E-state index in [0.29, 0.717) is 53.7 Å². The fourth-order valence-electron chi connectivity index (χ4n) is 13.2. The van der Waals surface area contributed by atoms with Gasteiger partial charge in [0.25, 0.3) is 0 Å². The molecule has 0 unspecified atom stereocenters.